The second-order valence-corrected chi connectivity index (χ2v) is 8.63. The Kier molecular flexibility index (Phi) is 6.50. The van der Waals surface area contributed by atoms with Gasteiger partial charge in [0.2, 0.25) is 0 Å². The quantitative estimate of drug-likeness (QED) is 0.298. The zero-order valence-corrected chi connectivity index (χ0v) is 20.2. The van der Waals surface area contributed by atoms with Crippen molar-refractivity contribution in [1.29, 1.82) is 0 Å². The van der Waals surface area contributed by atoms with Crippen LogP contribution in [0.2, 0.25) is 0 Å². The van der Waals surface area contributed by atoms with Gasteiger partial charge in [0.1, 0.15) is 23.9 Å². The lowest BCUT2D eigenvalue weighted by Crippen LogP contribution is -2.30. The van der Waals surface area contributed by atoms with Crippen LogP contribution in [-0.4, -0.2) is 25.4 Å². The Labute approximate surface area is 210 Å². The second kappa shape index (κ2) is 10.0. The van der Waals surface area contributed by atoms with Gasteiger partial charge in [0.05, 0.1) is 20.3 Å². The van der Waals surface area contributed by atoms with Gasteiger partial charge in [-0.2, -0.15) is 0 Å². The highest BCUT2D eigenvalue weighted by Crippen LogP contribution is 2.38. The number of fused-ring (bicyclic) bond motifs is 3. The number of aromatic hydroxyl groups is 1. The molecule has 0 saturated carbocycles. The van der Waals surface area contributed by atoms with Crippen molar-refractivity contribution in [3.8, 4) is 28.4 Å². The van der Waals surface area contributed by atoms with Crippen LogP contribution in [0.4, 0.5) is 4.79 Å². The summed E-state index contributed by atoms with van der Waals surface area (Å²) in [5, 5.41) is 12.7. The van der Waals surface area contributed by atoms with Crippen molar-refractivity contribution in [2.75, 3.05) is 14.2 Å². The van der Waals surface area contributed by atoms with Crippen LogP contribution in [0, 0.1) is 0 Å². The number of hydrogen-bond acceptors (Lipinski definition) is 5. The van der Waals surface area contributed by atoms with Gasteiger partial charge in [-0.25, -0.2) is 4.79 Å². The van der Waals surface area contributed by atoms with Gasteiger partial charge in [-0.1, -0.05) is 54.6 Å². The molecule has 0 saturated heterocycles. The smallest absolute Gasteiger partial charge is 0.408 e. The zero-order chi connectivity index (χ0) is 25.1. The van der Waals surface area contributed by atoms with Crippen molar-refractivity contribution < 1.29 is 24.1 Å². The van der Waals surface area contributed by atoms with Crippen molar-refractivity contribution in [3.05, 3.63) is 113 Å². The molecule has 0 spiro atoms. The number of carbonyl (C=O) groups excluding carboxylic acids is 1. The molecule has 182 valence electrons. The van der Waals surface area contributed by atoms with E-state index in [9.17, 15) is 9.90 Å². The molecule has 6 heteroatoms. The first kappa shape index (κ1) is 23.3. The van der Waals surface area contributed by atoms with Crippen LogP contribution in [-0.2, 0) is 17.8 Å². The molecule has 0 aliphatic heterocycles. The van der Waals surface area contributed by atoms with Gasteiger partial charge in [-0.05, 0) is 64.1 Å². The summed E-state index contributed by atoms with van der Waals surface area (Å²) < 4.78 is 16.6. The van der Waals surface area contributed by atoms with Crippen LogP contribution < -0.4 is 14.8 Å². The highest BCUT2D eigenvalue weighted by Gasteiger charge is 2.24. The maximum absolute atomic E-state index is 13.0. The van der Waals surface area contributed by atoms with Gasteiger partial charge in [-0.15, -0.1) is 0 Å². The van der Waals surface area contributed by atoms with Gasteiger partial charge in [-0.3, -0.25) is 0 Å². The summed E-state index contributed by atoms with van der Waals surface area (Å²) in [6.07, 6.45) is 0.269. The Morgan fingerprint density at radius 1 is 0.917 bits per heavy atom. The summed E-state index contributed by atoms with van der Waals surface area (Å²) in [5.74, 6) is 1.34. The number of rotatable bonds is 7. The Balaban J connectivity index is 1.37. The van der Waals surface area contributed by atoms with E-state index in [4.69, 9.17) is 14.2 Å². The third kappa shape index (κ3) is 4.58. The number of benzene rings is 4. The van der Waals surface area contributed by atoms with E-state index in [-0.39, 0.29) is 12.4 Å². The lowest BCUT2D eigenvalue weighted by atomic mass is 9.97. The average molecular weight is 482 g/mol. The molecule has 1 aliphatic carbocycles. The minimum Gasteiger partial charge on any atom is -0.508 e. The number of nitrogens with one attached hydrogen (secondary N) is 1. The van der Waals surface area contributed by atoms with Gasteiger partial charge in [0.25, 0.3) is 0 Å². The topological polar surface area (TPSA) is 77.0 Å². The first-order valence-corrected chi connectivity index (χ1v) is 11.7. The summed E-state index contributed by atoms with van der Waals surface area (Å²) in [4.78, 5) is 13.0. The highest BCUT2D eigenvalue weighted by molar-refractivity contribution is 5.78. The fraction of sp³-hybridized carbons (Fsp3) is 0.167. The average Bonchev–Trinajstić information content (AvgIpc) is 3.30. The Morgan fingerprint density at radius 3 is 2.47 bits per heavy atom. The molecule has 1 aliphatic rings. The highest BCUT2D eigenvalue weighted by atomic mass is 16.5. The molecule has 0 bridgehead atoms. The molecule has 1 amide bonds. The summed E-state index contributed by atoms with van der Waals surface area (Å²) in [6, 6.07) is 26.0. The molecule has 4 aromatic carbocycles. The van der Waals surface area contributed by atoms with Crippen molar-refractivity contribution in [2.45, 2.75) is 19.1 Å². The van der Waals surface area contributed by atoms with E-state index in [1.165, 1.54) is 22.3 Å². The molecule has 0 fully saturated rings. The van der Waals surface area contributed by atoms with Crippen LogP contribution >= 0.6 is 0 Å². The van der Waals surface area contributed by atoms with E-state index in [2.05, 4.69) is 23.5 Å². The van der Waals surface area contributed by atoms with Gasteiger partial charge >= 0.3 is 6.09 Å². The summed E-state index contributed by atoms with van der Waals surface area (Å²) >= 11 is 0. The lowest BCUT2D eigenvalue weighted by molar-refractivity contribution is 0.137. The van der Waals surface area contributed by atoms with E-state index < -0.39 is 12.1 Å². The maximum atomic E-state index is 13.0. The molecule has 4 aromatic rings. The molecule has 5 rings (SSSR count). The fourth-order valence-electron chi connectivity index (χ4n) is 4.73. The molecule has 0 heterocycles. The van der Waals surface area contributed by atoms with E-state index >= 15 is 0 Å². The fourth-order valence-corrected chi connectivity index (χ4v) is 4.73. The maximum Gasteiger partial charge on any atom is 0.408 e. The van der Waals surface area contributed by atoms with Crippen LogP contribution in [0.3, 0.4) is 0 Å². The number of carbonyl (C=O) groups is 1. The first-order valence-electron chi connectivity index (χ1n) is 11.7. The molecule has 6 nitrogen and oxygen atoms in total. The van der Waals surface area contributed by atoms with Gasteiger partial charge in [0.15, 0.2) is 0 Å². The van der Waals surface area contributed by atoms with Crippen molar-refractivity contribution in [3.63, 3.8) is 0 Å². The Hall–Kier alpha value is -4.45. The summed E-state index contributed by atoms with van der Waals surface area (Å²) in [6.45, 7) is 0.158. The SMILES string of the molecule is COc1ccc(C(NC(=O)OCc2cccc3c2Cc2ccccc2-3)c2ccc(O)cc2)c(OC)c1. The lowest BCUT2D eigenvalue weighted by Gasteiger charge is -2.22. The van der Waals surface area contributed by atoms with E-state index in [1.807, 2.05) is 36.4 Å². The molecule has 1 atom stereocenters. The number of alkyl carbamates (subject to hydrolysis) is 1. The molecule has 0 radical (unpaired) electrons. The number of phenolic OH excluding ortho intramolecular Hbond substituents is 1. The van der Waals surface area contributed by atoms with Crippen molar-refractivity contribution >= 4 is 6.09 Å². The summed E-state index contributed by atoms with van der Waals surface area (Å²) in [7, 11) is 3.15. The van der Waals surface area contributed by atoms with E-state index in [0.717, 1.165) is 23.1 Å². The van der Waals surface area contributed by atoms with Crippen LogP contribution in [0.5, 0.6) is 17.2 Å². The largest absolute Gasteiger partial charge is 0.508 e. The van der Waals surface area contributed by atoms with Crippen LogP contribution in [0.25, 0.3) is 11.1 Å². The zero-order valence-electron chi connectivity index (χ0n) is 20.2. The molecule has 36 heavy (non-hydrogen) atoms. The van der Waals surface area contributed by atoms with E-state index in [1.54, 1.807) is 44.6 Å². The standard InChI is InChI=1S/C30H27NO5/c1-34-23-14-15-26(28(17-23)35-2)29(19-10-12-22(32)13-11-19)31-30(33)36-18-21-7-5-9-25-24-8-4-3-6-20(24)16-27(21)25/h3-15,17,29,32H,16,18H2,1-2H3,(H,31,33). The number of ether oxygens (including phenoxy) is 3. The molecule has 1 unspecified atom stereocenters. The minimum atomic E-state index is -0.565. The predicted octanol–water partition coefficient (Wildman–Crippen LogP) is 6.00. The number of phenols is 1. The molecular formula is C30H27NO5. The van der Waals surface area contributed by atoms with Crippen molar-refractivity contribution in [1.82, 2.24) is 5.32 Å². The van der Waals surface area contributed by atoms with Crippen LogP contribution in [0.1, 0.15) is 33.9 Å². The molecular weight excluding hydrogens is 454 g/mol. The normalized spacial score (nSPS) is 12.3. The van der Waals surface area contributed by atoms with E-state index in [0.29, 0.717) is 11.5 Å². The van der Waals surface area contributed by atoms with Gasteiger partial charge < -0.3 is 24.6 Å². The monoisotopic (exact) mass is 481 g/mol. The second-order valence-electron chi connectivity index (χ2n) is 8.63. The first-order chi connectivity index (χ1) is 17.6. The number of amides is 1. The van der Waals surface area contributed by atoms with Crippen LogP contribution in [0.15, 0.2) is 84.9 Å². The third-order valence-electron chi connectivity index (χ3n) is 6.55. The Morgan fingerprint density at radius 2 is 1.69 bits per heavy atom. The third-order valence-corrected chi connectivity index (χ3v) is 6.55. The number of hydrogen-bond donors (Lipinski definition) is 2. The minimum absolute atomic E-state index is 0.140. The van der Waals surface area contributed by atoms with Crippen molar-refractivity contribution in [2.24, 2.45) is 0 Å². The number of methoxy groups -OCH3 is 2. The van der Waals surface area contributed by atoms with Gasteiger partial charge in [0, 0.05) is 11.6 Å². The molecule has 0 aromatic heterocycles. The molecule has 2 N–H and O–H groups in total. The predicted molar refractivity (Wildman–Crippen MR) is 138 cm³/mol. The Bertz CT molecular complexity index is 1400. The summed E-state index contributed by atoms with van der Waals surface area (Å²) in [5.41, 5.74) is 7.39.